The second-order valence-electron chi connectivity index (χ2n) is 4.56. The Kier molecular flexibility index (Phi) is 4.76. The van der Waals surface area contributed by atoms with Gasteiger partial charge in [0.15, 0.2) is 0 Å². The third-order valence-electron chi connectivity index (χ3n) is 2.86. The van der Waals surface area contributed by atoms with Crippen molar-refractivity contribution in [2.75, 3.05) is 20.1 Å². The van der Waals surface area contributed by atoms with E-state index in [1.807, 2.05) is 0 Å². The van der Waals surface area contributed by atoms with Gasteiger partial charge in [0, 0.05) is 20.1 Å². The van der Waals surface area contributed by atoms with Crippen molar-refractivity contribution >= 4 is 24.2 Å². The predicted molar refractivity (Wildman–Crippen MR) is 64.3 cm³/mol. The highest BCUT2D eigenvalue weighted by molar-refractivity contribution is 5.93. The molecular formula is C10H20ClN3O2. The van der Waals surface area contributed by atoms with Gasteiger partial charge in [0.2, 0.25) is 11.8 Å². The summed E-state index contributed by atoms with van der Waals surface area (Å²) >= 11 is 0. The minimum atomic E-state index is -0.780. The van der Waals surface area contributed by atoms with Gasteiger partial charge >= 0.3 is 0 Å². The number of piperazine rings is 1. The number of rotatable bonds is 1. The second-order valence-corrected chi connectivity index (χ2v) is 4.56. The van der Waals surface area contributed by atoms with Gasteiger partial charge in [-0.1, -0.05) is 0 Å². The predicted octanol–water partition coefficient (Wildman–Crippen LogP) is -0.165. The Labute approximate surface area is 102 Å². The van der Waals surface area contributed by atoms with Crippen LogP contribution in [0.5, 0.6) is 0 Å². The van der Waals surface area contributed by atoms with Gasteiger partial charge < -0.3 is 15.5 Å². The van der Waals surface area contributed by atoms with E-state index in [2.05, 4.69) is 0 Å². The van der Waals surface area contributed by atoms with Gasteiger partial charge in [-0.25, -0.2) is 0 Å². The molecule has 1 saturated heterocycles. The third-order valence-corrected chi connectivity index (χ3v) is 2.86. The first-order valence-electron chi connectivity index (χ1n) is 5.11. The minimum absolute atomic E-state index is 0. The van der Waals surface area contributed by atoms with Crippen LogP contribution in [0, 0.1) is 0 Å². The summed E-state index contributed by atoms with van der Waals surface area (Å²) in [5.41, 5.74) is 4.77. The van der Waals surface area contributed by atoms with Crippen LogP contribution in [0.4, 0.5) is 0 Å². The van der Waals surface area contributed by atoms with Gasteiger partial charge in [-0.2, -0.15) is 0 Å². The Morgan fingerprint density at radius 2 is 1.94 bits per heavy atom. The number of amides is 2. The SMILES string of the molecule is CC(N)C(=O)N1CCN(C)C(=O)C1(C)C.Cl. The largest absolute Gasteiger partial charge is 0.342 e. The van der Waals surface area contributed by atoms with Gasteiger partial charge in [0.05, 0.1) is 6.04 Å². The van der Waals surface area contributed by atoms with Crippen LogP contribution < -0.4 is 5.73 Å². The molecule has 0 radical (unpaired) electrons. The van der Waals surface area contributed by atoms with E-state index in [4.69, 9.17) is 5.73 Å². The van der Waals surface area contributed by atoms with Crippen molar-refractivity contribution in [1.29, 1.82) is 0 Å². The van der Waals surface area contributed by atoms with Crippen LogP contribution in [0.25, 0.3) is 0 Å². The second kappa shape index (κ2) is 5.01. The Morgan fingerprint density at radius 1 is 1.44 bits per heavy atom. The molecule has 0 aromatic carbocycles. The summed E-state index contributed by atoms with van der Waals surface area (Å²) in [6, 6.07) is -0.555. The molecule has 1 rings (SSSR count). The molecule has 16 heavy (non-hydrogen) atoms. The monoisotopic (exact) mass is 249 g/mol. The average Bonchev–Trinajstić information content (AvgIpc) is 2.13. The maximum absolute atomic E-state index is 11.9. The van der Waals surface area contributed by atoms with Crippen molar-refractivity contribution in [3.8, 4) is 0 Å². The number of likely N-dealkylation sites (N-methyl/N-ethyl adjacent to an activating group) is 1. The maximum atomic E-state index is 11.9. The van der Waals surface area contributed by atoms with Crippen molar-refractivity contribution in [3.05, 3.63) is 0 Å². The molecule has 2 amide bonds. The summed E-state index contributed by atoms with van der Waals surface area (Å²) in [5, 5.41) is 0. The molecule has 1 aliphatic rings. The summed E-state index contributed by atoms with van der Waals surface area (Å²) in [6.45, 7) is 6.27. The number of carbonyl (C=O) groups excluding carboxylic acids is 2. The van der Waals surface area contributed by atoms with Crippen molar-refractivity contribution in [3.63, 3.8) is 0 Å². The highest BCUT2D eigenvalue weighted by Gasteiger charge is 2.43. The highest BCUT2D eigenvalue weighted by Crippen LogP contribution is 2.22. The first-order valence-corrected chi connectivity index (χ1v) is 5.11. The molecule has 0 bridgehead atoms. The molecule has 2 N–H and O–H groups in total. The molecule has 6 heteroatoms. The van der Waals surface area contributed by atoms with E-state index in [-0.39, 0.29) is 24.2 Å². The molecule has 94 valence electrons. The standard InChI is InChI=1S/C10H19N3O2.ClH/c1-7(11)8(14)13-6-5-12(4)9(15)10(13,2)3;/h7H,5-6,11H2,1-4H3;1H. The molecule has 0 aliphatic carbocycles. The number of hydrogen-bond acceptors (Lipinski definition) is 3. The van der Waals surface area contributed by atoms with Gasteiger partial charge in [-0.3, -0.25) is 9.59 Å². The Morgan fingerprint density at radius 3 is 2.38 bits per heavy atom. The third kappa shape index (κ3) is 2.47. The summed E-state index contributed by atoms with van der Waals surface area (Å²) < 4.78 is 0. The molecule has 0 aromatic heterocycles. The molecule has 1 atom stereocenters. The smallest absolute Gasteiger partial charge is 0.247 e. The van der Waals surface area contributed by atoms with E-state index < -0.39 is 11.6 Å². The molecular weight excluding hydrogens is 230 g/mol. The topological polar surface area (TPSA) is 66.6 Å². The van der Waals surface area contributed by atoms with Crippen molar-refractivity contribution in [2.45, 2.75) is 32.4 Å². The van der Waals surface area contributed by atoms with Gasteiger partial charge in [0.1, 0.15) is 5.54 Å². The summed E-state index contributed by atoms with van der Waals surface area (Å²) in [5.74, 6) is -0.204. The molecule has 0 aromatic rings. The quantitative estimate of drug-likeness (QED) is 0.702. The Hall–Kier alpha value is -0.810. The van der Waals surface area contributed by atoms with E-state index >= 15 is 0 Å². The fraction of sp³-hybridized carbons (Fsp3) is 0.800. The molecule has 1 heterocycles. The number of halogens is 1. The van der Waals surface area contributed by atoms with Gasteiger partial charge in [-0.05, 0) is 20.8 Å². The van der Waals surface area contributed by atoms with Crippen LogP contribution >= 0.6 is 12.4 Å². The minimum Gasteiger partial charge on any atom is -0.342 e. The number of nitrogens with two attached hydrogens (primary N) is 1. The number of carbonyl (C=O) groups is 2. The van der Waals surface area contributed by atoms with Crippen molar-refractivity contribution in [2.24, 2.45) is 5.73 Å². The summed E-state index contributed by atoms with van der Waals surface area (Å²) in [7, 11) is 1.75. The molecule has 1 fully saturated rings. The zero-order valence-corrected chi connectivity index (χ0v) is 11.0. The van der Waals surface area contributed by atoms with Gasteiger partial charge in [-0.15, -0.1) is 12.4 Å². The Bertz CT molecular complexity index is 292. The lowest BCUT2D eigenvalue weighted by atomic mass is 9.97. The lowest BCUT2D eigenvalue weighted by molar-refractivity contribution is -0.157. The zero-order valence-electron chi connectivity index (χ0n) is 10.2. The van der Waals surface area contributed by atoms with E-state index in [1.54, 1.807) is 37.6 Å². The molecule has 0 spiro atoms. The lowest BCUT2D eigenvalue weighted by Crippen LogP contribution is -2.65. The molecule has 1 aliphatic heterocycles. The summed E-state index contributed by atoms with van der Waals surface area (Å²) in [6.07, 6.45) is 0. The maximum Gasteiger partial charge on any atom is 0.247 e. The van der Waals surface area contributed by atoms with E-state index in [0.29, 0.717) is 13.1 Å². The Balaban J connectivity index is 0.00000225. The zero-order chi connectivity index (χ0) is 11.8. The van der Waals surface area contributed by atoms with Crippen LogP contribution in [0.15, 0.2) is 0 Å². The van der Waals surface area contributed by atoms with E-state index in [1.165, 1.54) is 0 Å². The normalized spacial score (nSPS) is 21.4. The van der Waals surface area contributed by atoms with Crippen LogP contribution in [-0.4, -0.2) is 53.3 Å². The number of hydrogen-bond donors (Lipinski definition) is 1. The van der Waals surface area contributed by atoms with E-state index in [9.17, 15) is 9.59 Å². The van der Waals surface area contributed by atoms with Crippen molar-refractivity contribution in [1.82, 2.24) is 9.80 Å². The molecule has 0 saturated carbocycles. The fourth-order valence-electron chi connectivity index (χ4n) is 1.85. The van der Waals surface area contributed by atoms with E-state index in [0.717, 1.165) is 0 Å². The summed E-state index contributed by atoms with van der Waals surface area (Å²) in [4.78, 5) is 26.9. The molecule has 5 nitrogen and oxygen atoms in total. The molecule has 1 unspecified atom stereocenters. The number of nitrogens with zero attached hydrogens (tertiary/aromatic N) is 2. The van der Waals surface area contributed by atoms with Crippen LogP contribution in [-0.2, 0) is 9.59 Å². The van der Waals surface area contributed by atoms with Crippen LogP contribution in [0.3, 0.4) is 0 Å². The average molecular weight is 250 g/mol. The lowest BCUT2D eigenvalue weighted by Gasteiger charge is -2.45. The first kappa shape index (κ1) is 15.2. The van der Waals surface area contributed by atoms with Gasteiger partial charge in [0.25, 0.3) is 0 Å². The van der Waals surface area contributed by atoms with Crippen molar-refractivity contribution < 1.29 is 9.59 Å². The highest BCUT2D eigenvalue weighted by atomic mass is 35.5. The van der Waals surface area contributed by atoms with Crippen LogP contribution in [0.1, 0.15) is 20.8 Å². The fourth-order valence-corrected chi connectivity index (χ4v) is 1.85. The first-order chi connectivity index (χ1) is 6.78. The van der Waals surface area contributed by atoms with Crippen LogP contribution in [0.2, 0.25) is 0 Å².